The Hall–Kier alpha value is -2.22. The molecular weight excluding hydrogens is 270 g/mol. The lowest BCUT2D eigenvalue weighted by Crippen LogP contribution is -2.42. The second kappa shape index (κ2) is 4.91. The van der Waals surface area contributed by atoms with Crippen LogP contribution in [0.5, 0.6) is 5.75 Å². The molecule has 0 spiro atoms. The van der Waals surface area contributed by atoms with E-state index in [-0.39, 0.29) is 5.54 Å². The van der Waals surface area contributed by atoms with Gasteiger partial charge in [0.15, 0.2) is 0 Å². The Morgan fingerprint density at radius 3 is 2.68 bits per heavy atom. The number of rotatable bonds is 2. The molecule has 0 bridgehead atoms. The van der Waals surface area contributed by atoms with Crippen molar-refractivity contribution in [1.29, 1.82) is 0 Å². The predicted molar refractivity (Wildman–Crippen MR) is 91.5 cm³/mol. The molecule has 1 saturated heterocycles. The van der Waals surface area contributed by atoms with E-state index in [2.05, 4.69) is 66.4 Å². The zero-order valence-corrected chi connectivity index (χ0v) is 13.2. The molecule has 2 aromatic carbocycles. The normalized spacial score (nSPS) is 22.8. The molecule has 0 saturated carbocycles. The van der Waals surface area contributed by atoms with Crippen molar-refractivity contribution in [3.05, 3.63) is 65.7 Å². The van der Waals surface area contributed by atoms with Gasteiger partial charge < -0.3 is 9.64 Å². The van der Waals surface area contributed by atoms with E-state index in [0.717, 1.165) is 12.3 Å². The molecule has 2 heterocycles. The molecule has 0 amide bonds. The minimum absolute atomic E-state index is 0.132. The van der Waals surface area contributed by atoms with Crippen LogP contribution >= 0.6 is 0 Å². The Morgan fingerprint density at radius 1 is 1.09 bits per heavy atom. The van der Waals surface area contributed by atoms with Gasteiger partial charge in [-0.1, -0.05) is 36.4 Å². The van der Waals surface area contributed by atoms with Crippen molar-refractivity contribution in [3.8, 4) is 5.75 Å². The Bertz CT molecular complexity index is 735. The van der Waals surface area contributed by atoms with Crippen LogP contribution in [0.25, 0.3) is 5.57 Å². The molecule has 0 radical (unpaired) electrons. The first-order chi connectivity index (χ1) is 10.7. The standard InChI is InChI=1S/C20H21NO/c1-20-11-6-12-21(20)19-10-9-16(22-2)13-17(19)18(14-20)15-7-4-3-5-8-15/h3-5,7-10,13-14H,6,11-12H2,1-2H3. The monoisotopic (exact) mass is 291 g/mol. The summed E-state index contributed by atoms with van der Waals surface area (Å²) in [6.45, 7) is 3.49. The summed E-state index contributed by atoms with van der Waals surface area (Å²) in [4.78, 5) is 2.55. The van der Waals surface area contributed by atoms with Gasteiger partial charge >= 0.3 is 0 Å². The summed E-state index contributed by atoms with van der Waals surface area (Å²) in [6, 6.07) is 17.2. The molecular formula is C20H21NO. The highest BCUT2D eigenvalue weighted by Crippen LogP contribution is 2.47. The van der Waals surface area contributed by atoms with Gasteiger partial charge in [-0.3, -0.25) is 0 Å². The summed E-state index contributed by atoms with van der Waals surface area (Å²) in [5, 5.41) is 0. The van der Waals surface area contributed by atoms with Gasteiger partial charge in [0, 0.05) is 17.8 Å². The molecule has 2 aliphatic rings. The summed E-state index contributed by atoms with van der Waals surface area (Å²) >= 11 is 0. The van der Waals surface area contributed by atoms with E-state index >= 15 is 0 Å². The van der Waals surface area contributed by atoms with Crippen LogP contribution in [0.2, 0.25) is 0 Å². The maximum absolute atomic E-state index is 5.46. The summed E-state index contributed by atoms with van der Waals surface area (Å²) in [6.07, 6.45) is 4.92. The van der Waals surface area contributed by atoms with E-state index in [0.29, 0.717) is 0 Å². The Kier molecular flexibility index (Phi) is 3.00. The number of ether oxygens (including phenoxy) is 1. The predicted octanol–water partition coefficient (Wildman–Crippen LogP) is 4.50. The molecule has 1 atom stereocenters. The van der Waals surface area contributed by atoms with Crippen LogP contribution < -0.4 is 9.64 Å². The summed E-state index contributed by atoms with van der Waals surface area (Å²) in [5.74, 6) is 0.920. The number of nitrogens with zero attached hydrogens (tertiary/aromatic N) is 1. The number of methoxy groups -OCH3 is 1. The SMILES string of the molecule is COc1ccc2c(c1)C(c1ccccc1)=CC1(C)CCCN21. The summed E-state index contributed by atoms with van der Waals surface area (Å²) in [7, 11) is 1.73. The number of hydrogen-bond acceptors (Lipinski definition) is 2. The first kappa shape index (κ1) is 13.4. The Morgan fingerprint density at radius 2 is 1.91 bits per heavy atom. The average molecular weight is 291 g/mol. The van der Waals surface area contributed by atoms with Crippen LogP contribution in [0, 0.1) is 0 Å². The lowest BCUT2D eigenvalue weighted by molar-refractivity contribution is 0.414. The lowest BCUT2D eigenvalue weighted by atomic mass is 9.84. The highest BCUT2D eigenvalue weighted by atomic mass is 16.5. The largest absolute Gasteiger partial charge is 0.497 e. The molecule has 0 aromatic heterocycles. The van der Waals surface area contributed by atoms with E-state index in [9.17, 15) is 0 Å². The molecule has 1 fully saturated rings. The maximum atomic E-state index is 5.46. The Labute approximate surface area is 132 Å². The fourth-order valence-electron chi connectivity index (χ4n) is 3.87. The van der Waals surface area contributed by atoms with Gasteiger partial charge in [-0.05, 0) is 49.1 Å². The number of hydrogen-bond donors (Lipinski definition) is 0. The van der Waals surface area contributed by atoms with Gasteiger partial charge in [0.05, 0.1) is 12.6 Å². The highest BCUT2D eigenvalue weighted by molar-refractivity contribution is 5.91. The third-order valence-corrected chi connectivity index (χ3v) is 5.01. The fraction of sp³-hybridized carbons (Fsp3) is 0.300. The van der Waals surface area contributed by atoms with Gasteiger partial charge in [-0.15, -0.1) is 0 Å². The van der Waals surface area contributed by atoms with Crippen molar-refractivity contribution in [2.24, 2.45) is 0 Å². The molecule has 112 valence electrons. The van der Waals surface area contributed by atoms with Crippen molar-refractivity contribution in [2.45, 2.75) is 25.3 Å². The highest BCUT2D eigenvalue weighted by Gasteiger charge is 2.39. The minimum Gasteiger partial charge on any atom is -0.497 e. The molecule has 2 aliphatic heterocycles. The molecule has 2 heteroatoms. The molecule has 22 heavy (non-hydrogen) atoms. The smallest absolute Gasteiger partial charge is 0.119 e. The lowest BCUT2D eigenvalue weighted by Gasteiger charge is -2.41. The first-order valence-corrected chi connectivity index (χ1v) is 7.96. The molecule has 1 unspecified atom stereocenters. The van der Waals surface area contributed by atoms with Crippen LogP contribution in [0.3, 0.4) is 0 Å². The van der Waals surface area contributed by atoms with Gasteiger partial charge in [-0.2, -0.15) is 0 Å². The van der Waals surface area contributed by atoms with Crippen molar-refractivity contribution in [3.63, 3.8) is 0 Å². The molecule has 0 N–H and O–H groups in total. The fourth-order valence-corrected chi connectivity index (χ4v) is 3.87. The van der Waals surface area contributed by atoms with Crippen LogP contribution in [0.15, 0.2) is 54.6 Å². The minimum atomic E-state index is 0.132. The topological polar surface area (TPSA) is 12.5 Å². The zero-order chi connectivity index (χ0) is 15.2. The van der Waals surface area contributed by atoms with Crippen LogP contribution in [0.1, 0.15) is 30.9 Å². The van der Waals surface area contributed by atoms with Crippen molar-refractivity contribution in [2.75, 3.05) is 18.6 Å². The van der Waals surface area contributed by atoms with Gasteiger partial charge in [0.25, 0.3) is 0 Å². The van der Waals surface area contributed by atoms with E-state index in [1.54, 1.807) is 7.11 Å². The van der Waals surface area contributed by atoms with Gasteiger partial charge in [-0.25, -0.2) is 0 Å². The third kappa shape index (κ3) is 1.94. The van der Waals surface area contributed by atoms with Gasteiger partial charge in [0.1, 0.15) is 5.75 Å². The number of fused-ring (bicyclic) bond motifs is 3. The second-order valence-corrected chi connectivity index (χ2v) is 6.42. The van der Waals surface area contributed by atoms with Crippen molar-refractivity contribution < 1.29 is 4.74 Å². The van der Waals surface area contributed by atoms with E-state index < -0.39 is 0 Å². The second-order valence-electron chi connectivity index (χ2n) is 6.42. The quantitative estimate of drug-likeness (QED) is 0.808. The first-order valence-electron chi connectivity index (χ1n) is 7.96. The van der Waals surface area contributed by atoms with Crippen LogP contribution in [-0.2, 0) is 0 Å². The van der Waals surface area contributed by atoms with E-state index in [4.69, 9.17) is 4.74 Å². The average Bonchev–Trinajstić information content (AvgIpc) is 2.96. The van der Waals surface area contributed by atoms with E-state index in [1.165, 1.54) is 35.2 Å². The van der Waals surface area contributed by atoms with E-state index in [1.807, 2.05) is 0 Å². The number of anilines is 1. The molecule has 2 nitrogen and oxygen atoms in total. The third-order valence-electron chi connectivity index (χ3n) is 5.01. The van der Waals surface area contributed by atoms with Crippen molar-refractivity contribution >= 4 is 11.3 Å². The number of benzene rings is 2. The van der Waals surface area contributed by atoms with Gasteiger partial charge in [0.2, 0.25) is 0 Å². The van der Waals surface area contributed by atoms with Crippen LogP contribution in [0.4, 0.5) is 5.69 Å². The summed E-state index contributed by atoms with van der Waals surface area (Å²) in [5.41, 5.74) is 5.36. The molecule has 0 aliphatic carbocycles. The van der Waals surface area contributed by atoms with Crippen LogP contribution in [-0.4, -0.2) is 19.2 Å². The Balaban J connectivity index is 1.95. The van der Waals surface area contributed by atoms with Crippen molar-refractivity contribution in [1.82, 2.24) is 0 Å². The molecule has 4 rings (SSSR count). The maximum Gasteiger partial charge on any atom is 0.119 e. The summed E-state index contributed by atoms with van der Waals surface area (Å²) < 4.78 is 5.46. The molecule has 2 aromatic rings. The zero-order valence-electron chi connectivity index (χ0n) is 13.2.